The van der Waals surface area contributed by atoms with E-state index < -0.39 is 5.97 Å². The molecule has 42 heavy (non-hydrogen) atoms. The number of aromatic nitrogens is 5. The summed E-state index contributed by atoms with van der Waals surface area (Å²) in [6.45, 7) is 5.37. The molecular weight excluding hydrogens is 548 g/mol. The van der Waals surface area contributed by atoms with Gasteiger partial charge >= 0.3 is 5.97 Å². The highest BCUT2D eigenvalue weighted by Gasteiger charge is 2.26. The molecule has 5 aromatic rings. The van der Waals surface area contributed by atoms with Gasteiger partial charge in [-0.15, -0.1) is 0 Å². The van der Waals surface area contributed by atoms with E-state index in [2.05, 4.69) is 27.4 Å². The van der Waals surface area contributed by atoms with Gasteiger partial charge in [0.2, 0.25) is 5.95 Å². The number of carbonyl (C=O) groups is 1. The third kappa shape index (κ3) is 5.05. The summed E-state index contributed by atoms with van der Waals surface area (Å²) in [7, 11) is 1.96. The molecule has 0 aliphatic carbocycles. The highest BCUT2D eigenvalue weighted by molar-refractivity contribution is 7.16. The standard InChI is InChI=1S/C31H30N8O2S/c1-4-24-28(37(3)31-36-27(25(15-32)42-31)20-7-5-19(2)6-8-20)39-18-22(9-10-26(39)35-24)23-16-33-30(34-17-23)38-13-11-21(12-14-38)29(40)41/h5-10,16-18,21H,4,11-14H2,1-3H3,(H,40,41). The number of imidazole rings is 1. The number of piperidine rings is 1. The molecule has 0 radical (unpaired) electrons. The number of nitriles is 1. The quantitative estimate of drug-likeness (QED) is 0.258. The number of carboxylic acids is 1. The molecule has 0 unspecified atom stereocenters. The number of fused-ring (bicyclic) bond motifs is 1. The maximum Gasteiger partial charge on any atom is 0.306 e. The van der Waals surface area contributed by atoms with Crippen molar-refractivity contribution < 1.29 is 9.90 Å². The molecule has 212 valence electrons. The first-order chi connectivity index (χ1) is 20.4. The van der Waals surface area contributed by atoms with Crippen LogP contribution >= 0.6 is 11.3 Å². The Morgan fingerprint density at radius 2 is 1.76 bits per heavy atom. The maximum absolute atomic E-state index is 11.3. The highest BCUT2D eigenvalue weighted by Crippen LogP contribution is 2.37. The molecule has 11 heteroatoms. The number of pyridine rings is 1. The topological polar surface area (TPSA) is 124 Å². The van der Waals surface area contributed by atoms with E-state index in [1.807, 2.05) is 78.8 Å². The van der Waals surface area contributed by atoms with E-state index in [4.69, 9.17) is 9.97 Å². The predicted octanol–water partition coefficient (Wildman–Crippen LogP) is 5.73. The number of carboxylic acid groups (broad SMARTS) is 1. The number of nitrogens with zero attached hydrogens (tertiary/aromatic N) is 8. The van der Waals surface area contributed by atoms with Crippen molar-refractivity contribution in [2.75, 3.05) is 29.9 Å². The molecule has 4 aromatic heterocycles. The van der Waals surface area contributed by atoms with Gasteiger partial charge in [-0.05, 0) is 38.3 Å². The molecule has 0 saturated carbocycles. The van der Waals surface area contributed by atoms with Crippen LogP contribution in [-0.4, -0.2) is 55.5 Å². The van der Waals surface area contributed by atoms with Crippen molar-refractivity contribution in [2.45, 2.75) is 33.1 Å². The largest absolute Gasteiger partial charge is 0.481 e. The summed E-state index contributed by atoms with van der Waals surface area (Å²) in [4.78, 5) is 34.9. The SMILES string of the molecule is CCc1nc2ccc(-c3cnc(N4CCC(C(=O)O)CC4)nc3)cn2c1N(C)c1nc(-c2ccc(C)cc2)c(C#N)s1. The van der Waals surface area contributed by atoms with E-state index in [1.54, 1.807) is 0 Å². The first kappa shape index (κ1) is 27.4. The number of rotatable bonds is 7. The lowest BCUT2D eigenvalue weighted by molar-refractivity contribution is -0.142. The zero-order valence-electron chi connectivity index (χ0n) is 23.7. The molecule has 6 rings (SSSR count). The molecule has 1 fully saturated rings. The highest BCUT2D eigenvalue weighted by atomic mass is 32.1. The van der Waals surface area contributed by atoms with E-state index in [-0.39, 0.29) is 5.92 Å². The average Bonchev–Trinajstić information content (AvgIpc) is 3.63. The summed E-state index contributed by atoms with van der Waals surface area (Å²) >= 11 is 1.37. The zero-order chi connectivity index (χ0) is 29.4. The first-order valence-corrected chi connectivity index (χ1v) is 14.7. The number of thiazole rings is 1. The van der Waals surface area contributed by atoms with Gasteiger partial charge in [0.15, 0.2) is 5.13 Å². The Labute approximate surface area is 247 Å². The smallest absolute Gasteiger partial charge is 0.306 e. The van der Waals surface area contributed by atoms with Gasteiger partial charge in [-0.3, -0.25) is 9.20 Å². The van der Waals surface area contributed by atoms with Crippen LogP contribution in [0, 0.1) is 24.2 Å². The number of aliphatic carboxylic acids is 1. The molecule has 1 N–H and O–H groups in total. The Morgan fingerprint density at radius 1 is 1.07 bits per heavy atom. The molecule has 0 atom stereocenters. The van der Waals surface area contributed by atoms with Crippen LogP contribution < -0.4 is 9.80 Å². The van der Waals surface area contributed by atoms with Crippen LogP contribution in [0.3, 0.4) is 0 Å². The Morgan fingerprint density at radius 3 is 2.40 bits per heavy atom. The van der Waals surface area contributed by atoms with E-state index in [1.165, 1.54) is 11.3 Å². The van der Waals surface area contributed by atoms with Crippen LogP contribution in [0.15, 0.2) is 55.0 Å². The molecule has 10 nitrogen and oxygen atoms in total. The van der Waals surface area contributed by atoms with Crippen molar-refractivity contribution in [3.63, 3.8) is 0 Å². The van der Waals surface area contributed by atoms with Crippen molar-refractivity contribution in [1.82, 2.24) is 24.3 Å². The second kappa shape index (κ2) is 11.2. The molecule has 1 aliphatic heterocycles. The molecule has 0 spiro atoms. The Bertz CT molecular complexity index is 1800. The van der Waals surface area contributed by atoms with Gasteiger partial charge in [0.25, 0.3) is 0 Å². The van der Waals surface area contributed by atoms with Crippen LogP contribution in [0.5, 0.6) is 0 Å². The minimum Gasteiger partial charge on any atom is -0.481 e. The predicted molar refractivity (Wildman–Crippen MR) is 163 cm³/mol. The molecule has 0 amide bonds. The van der Waals surface area contributed by atoms with Gasteiger partial charge in [0.1, 0.15) is 28.1 Å². The lowest BCUT2D eigenvalue weighted by Gasteiger charge is -2.30. The minimum absolute atomic E-state index is 0.298. The Kier molecular flexibility index (Phi) is 7.31. The van der Waals surface area contributed by atoms with E-state index in [9.17, 15) is 15.2 Å². The lowest BCUT2D eigenvalue weighted by Crippen LogP contribution is -2.37. The van der Waals surface area contributed by atoms with Crippen molar-refractivity contribution in [2.24, 2.45) is 5.92 Å². The molecule has 5 heterocycles. The van der Waals surface area contributed by atoms with Crippen LogP contribution in [0.4, 0.5) is 16.9 Å². The van der Waals surface area contributed by atoms with Crippen molar-refractivity contribution in [3.8, 4) is 28.5 Å². The van der Waals surface area contributed by atoms with Crippen LogP contribution in [-0.2, 0) is 11.2 Å². The van der Waals surface area contributed by atoms with Gasteiger partial charge in [-0.1, -0.05) is 48.1 Å². The van der Waals surface area contributed by atoms with E-state index >= 15 is 0 Å². The van der Waals surface area contributed by atoms with Gasteiger partial charge < -0.3 is 14.9 Å². The summed E-state index contributed by atoms with van der Waals surface area (Å²) in [6, 6.07) is 14.4. The Hall–Kier alpha value is -4.82. The van der Waals surface area contributed by atoms with Crippen LogP contribution in [0.1, 0.15) is 35.9 Å². The summed E-state index contributed by atoms with van der Waals surface area (Å²) in [5.41, 5.74) is 6.29. The zero-order valence-corrected chi connectivity index (χ0v) is 24.5. The fourth-order valence-corrected chi connectivity index (χ4v) is 6.18. The summed E-state index contributed by atoms with van der Waals surface area (Å²) < 4.78 is 2.05. The van der Waals surface area contributed by atoms with Crippen molar-refractivity contribution in [3.05, 3.63) is 71.1 Å². The molecule has 1 aromatic carbocycles. The monoisotopic (exact) mass is 578 g/mol. The number of hydrogen-bond donors (Lipinski definition) is 1. The number of anilines is 3. The second-order valence-electron chi connectivity index (χ2n) is 10.5. The first-order valence-electron chi connectivity index (χ1n) is 13.9. The number of hydrogen-bond acceptors (Lipinski definition) is 9. The summed E-state index contributed by atoms with van der Waals surface area (Å²) in [5.74, 6) is 0.472. The van der Waals surface area contributed by atoms with Gasteiger partial charge in [-0.2, -0.15) is 5.26 Å². The van der Waals surface area contributed by atoms with Crippen molar-refractivity contribution >= 4 is 39.9 Å². The van der Waals surface area contributed by atoms with Gasteiger partial charge in [-0.25, -0.2) is 19.9 Å². The maximum atomic E-state index is 11.3. The molecular formula is C31H30N8O2S. The number of benzene rings is 1. The number of aryl methyl sites for hydroxylation is 2. The van der Waals surface area contributed by atoms with E-state index in [0.29, 0.717) is 47.6 Å². The third-order valence-electron chi connectivity index (χ3n) is 7.74. The normalized spacial score (nSPS) is 13.8. The van der Waals surface area contributed by atoms with Gasteiger partial charge in [0, 0.05) is 55.4 Å². The molecule has 1 saturated heterocycles. The lowest BCUT2D eigenvalue weighted by atomic mass is 9.97. The fraction of sp³-hybridized carbons (Fsp3) is 0.290. The summed E-state index contributed by atoms with van der Waals surface area (Å²) in [5, 5.41) is 19.9. The Balaban J connectivity index is 1.31. The van der Waals surface area contributed by atoms with Crippen molar-refractivity contribution in [1.29, 1.82) is 5.26 Å². The molecule has 1 aliphatic rings. The van der Waals surface area contributed by atoms with Crippen LogP contribution in [0.25, 0.3) is 28.0 Å². The second-order valence-corrected chi connectivity index (χ2v) is 11.4. The van der Waals surface area contributed by atoms with Crippen LogP contribution in [0.2, 0.25) is 0 Å². The third-order valence-corrected chi connectivity index (χ3v) is 8.78. The van der Waals surface area contributed by atoms with Gasteiger partial charge in [0.05, 0.1) is 11.6 Å². The summed E-state index contributed by atoms with van der Waals surface area (Å²) in [6.07, 6.45) is 7.56. The fourth-order valence-electron chi connectivity index (χ4n) is 5.33. The average molecular weight is 579 g/mol. The minimum atomic E-state index is -0.732. The molecule has 0 bridgehead atoms. The van der Waals surface area contributed by atoms with E-state index in [0.717, 1.165) is 45.8 Å².